The number of nitrogens with zero attached hydrogens (tertiary/aromatic N) is 1. The van der Waals surface area contributed by atoms with Crippen molar-refractivity contribution in [2.45, 2.75) is 56.9 Å². The van der Waals surface area contributed by atoms with Crippen molar-refractivity contribution in [3.05, 3.63) is 21.9 Å². The van der Waals surface area contributed by atoms with Crippen molar-refractivity contribution in [2.24, 2.45) is 0 Å². The van der Waals surface area contributed by atoms with E-state index in [4.69, 9.17) is 9.47 Å². The smallest absolute Gasteiger partial charge is 0.348 e. The molecule has 2 aliphatic heterocycles. The Morgan fingerprint density at radius 3 is 2.70 bits per heavy atom. The van der Waals surface area contributed by atoms with Crippen molar-refractivity contribution in [3.63, 3.8) is 0 Å². The zero-order chi connectivity index (χ0) is 19.7. The van der Waals surface area contributed by atoms with Gasteiger partial charge >= 0.3 is 5.97 Å². The Labute approximate surface area is 163 Å². The Balaban J connectivity index is 1.55. The number of amides is 1. The summed E-state index contributed by atoms with van der Waals surface area (Å²) in [6, 6.07) is 3.41. The van der Waals surface area contributed by atoms with Crippen molar-refractivity contribution < 1.29 is 24.2 Å². The standard InChI is InChI=1S/C19H28N2O5S/c1-13(22)20-16-11-26-19(12-18(16,2)24)6-8-21(9-7-19)10-14-4-5-15(27-14)17(23)25-3/h4-5,16,24H,6-12H2,1-3H3,(H,20,22)/t16-,18-/m0/s1. The van der Waals surface area contributed by atoms with Crippen LogP contribution >= 0.6 is 11.3 Å². The number of aliphatic hydroxyl groups is 1. The van der Waals surface area contributed by atoms with Crippen molar-refractivity contribution in [1.82, 2.24) is 10.2 Å². The number of hydrogen-bond acceptors (Lipinski definition) is 7. The maximum Gasteiger partial charge on any atom is 0.348 e. The van der Waals surface area contributed by atoms with Crippen LogP contribution in [0.2, 0.25) is 0 Å². The van der Waals surface area contributed by atoms with Crippen LogP contribution in [0, 0.1) is 0 Å². The summed E-state index contributed by atoms with van der Waals surface area (Å²) in [4.78, 5) is 27.0. The molecule has 8 heteroatoms. The Morgan fingerprint density at radius 1 is 1.41 bits per heavy atom. The lowest BCUT2D eigenvalue weighted by molar-refractivity contribution is -0.189. The van der Waals surface area contributed by atoms with E-state index in [1.165, 1.54) is 25.4 Å². The SMILES string of the molecule is COC(=O)c1ccc(CN2CCC3(CC2)C[C@](C)(O)[C@@H](NC(C)=O)CO3)s1. The van der Waals surface area contributed by atoms with Gasteiger partial charge in [-0.1, -0.05) is 0 Å². The summed E-state index contributed by atoms with van der Waals surface area (Å²) in [5, 5.41) is 13.6. The van der Waals surface area contributed by atoms with E-state index in [0.29, 0.717) is 17.9 Å². The first kappa shape index (κ1) is 20.3. The summed E-state index contributed by atoms with van der Waals surface area (Å²) in [6.45, 7) is 6.10. The van der Waals surface area contributed by atoms with E-state index < -0.39 is 5.60 Å². The van der Waals surface area contributed by atoms with Gasteiger partial charge in [0.25, 0.3) is 0 Å². The highest BCUT2D eigenvalue weighted by atomic mass is 32.1. The molecule has 1 aromatic rings. The van der Waals surface area contributed by atoms with Crippen molar-refractivity contribution >= 4 is 23.2 Å². The third-order valence-electron chi connectivity index (χ3n) is 5.56. The Kier molecular flexibility index (Phi) is 5.90. The van der Waals surface area contributed by atoms with Gasteiger partial charge in [0.1, 0.15) is 4.88 Å². The third kappa shape index (κ3) is 4.68. The van der Waals surface area contributed by atoms with Gasteiger partial charge in [-0.3, -0.25) is 9.69 Å². The molecular formula is C19H28N2O5S. The van der Waals surface area contributed by atoms with Gasteiger partial charge in [0.15, 0.2) is 0 Å². The second kappa shape index (κ2) is 7.87. The molecule has 1 spiro atoms. The summed E-state index contributed by atoms with van der Waals surface area (Å²) in [5.74, 6) is -0.452. The van der Waals surface area contributed by atoms with Crippen LogP contribution in [-0.2, 0) is 20.8 Å². The minimum absolute atomic E-state index is 0.156. The Hall–Kier alpha value is -1.48. The number of ether oxygens (including phenoxy) is 2. The first-order chi connectivity index (χ1) is 12.7. The van der Waals surface area contributed by atoms with Crippen molar-refractivity contribution in [1.29, 1.82) is 0 Å². The van der Waals surface area contributed by atoms with Crippen LogP contribution < -0.4 is 5.32 Å². The fourth-order valence-corrected chi connectivity index (χ4v) is 5.01. The molecule has 0 aliphatic carbocycles. The van der Waals surface area contributed by atoms with E-state index in [1.54, 1.807) is 13.0 Å². The maximum absolute atomic E-state index is 11.6. The van der Waals surface area contributed by atoms with Crippen molar-refractivity contribution in [2.75, 3.05) is 26.8 Å². The molecule has 2 saturated heterocycles. The molecule has 2 aliphatic rings. The molecule has 2 fully saturated rings. The summed E-state index contributed by atoms with van der Waals surface area (Å²) >= 11 is 1.46. The zero-order valence-corrected chi connectivity index (χ0v) is 16.9. The summed E-state index contributed by atoms with van der Waals surface area (Å²) in [5.41, 5.74) is -1.31. The molecule has 0 bridgehead atoms. The highest BCUT2D eigenvalue weighted by molar-refractivity contribution is 7.13. The molecule has 1 aromatic heterocycles. The van der Waals surface area contributed by atoms with Crippen LogP contribution in [0.1, 0.15) is 47.7 Å². The fourth-order valence-electron chi connectivity index (χ4n) is 4.04. The number of thiophene rings is 1. The molecule has 0 unspecified atom stereocenters. The molecule has 0 aromatic carbocycles. The number of hydrogen-bond donors (Lipinski definition) is 2. The molecule has 3 heterocycles. The number of rotatable bonds is 4. The highest BCUT2D eigenvalue weighted by Gasteiger charge is 2.49. The normalized spacial score (nSPS) is 28.1. The molecule has 2 N–H and O–H groups in total. The molecule has 3 rings (SSSR count). The minimum Gasteiger partial charge on any atom is -0.465 e. The van der Waals surface area contributed by atoms with Crippen LogP contribution in [-0.4, -0.2) is 65.9 Å². The number of methoxy groups -OCH3 is 1. The van der Waals surface area contributed by atoms with Gasteiger partial charge < -0.3 is 19.9 Å². The largest absolute Gasteiger partial charge is 0.465 e. The molecule has 0 radical (unpaired) electrons. The monoisotopic (exact) mass is 396 g/mol. The van der Waals surface area contributed by atoms with E-state index in [-0.39, 0.29) is 23.5 Å². The molecule has 0 saturated carbocycles. The molecule has 1 amide bonds. The van der Waals surface area contributed by atoms with E-state index in [0.717, 1.165) is 37.4 Å². The quantitative estimate of drug-likeness (QED) is 0.751. The van der Waals surface area contributed by atoms with Crippen LogP contribution in [0.25, 0.3) is 0 Å². The van der Waals surface area contributed by atoms with Gasteiger partial charge in [0, 0.05) is 37.9 Å². The molecular weight excluding hydrogens is 368 g/mol. The lowest BCUT2D eigenvalue weighted by Crippen LogP contribution is -2.63. The number of piperidine rings is 1. The van der Waals surface area contributed by atoms with Crippen molar-refractivity contribution in [3.8, 4) is 0 Å². The van der Waals surface area contributed by atoms with Gasteiger partial charge in [-0.25, -0.2) is 4.79 Å². The fraction of sp³-hybridized carbons (Fsp3) is 0.684. The number of likely N-dealkylation sites (tertiary alicyclic amines) is 1. The predicted octanol–water partition coefficient (Wildman–Crippen LogP) is 1.55. The van der Waals surface area contributed by atoms with Gasteiger partial charge in [0.2, 0.25) is 5.91 Å². The third-order valence-corrected chi connectivity index (χ3v) is 6.61. The predicted molar refractivity (Wildman–Crippen MR) is 102 cm³/mol. The lowest BCUT2D eigenvalue weighted by Gasteiger charge is -2.51. The van der Waals surface area contributed by atoms with E-state index in [9.17, 15) is 14.7 Å². The maximum atomic E-state index is 11.6. The van der Waals surface area contributed by atoms with Crippen LogP contribution in [0.5, 0.6) is 0 Å². The number of carbonyl (C=O) groups excluding carboxylic acids is 2. The first-order valence-corrected chi connectivity index (χ1v) is 10.1. The van der Waals surface area contributed by atoms with Gasteiger partial charge in [-0.2, -0.15) is 0 Å². The summed E-state index contributed by atoms with van der Waals surface area (Å²) in [6.07, 6.45) is 2.20. The second-order valence-corrected chi connectivity index (χ2v) is 8.98. The summed E-state index contributed by atoms with van der Waals surface area (Å²) < 4.78 is 10.9. The minimum atomic E-state index is -0.977. The molecule has 27 heavy (non-hydrogen) atoms. The number of nitrogens with one attached hydrogen (secondary N) is 1. The Bertz CT molecular complexity index is 694. The Morgan fingerprint density at radius 2 is 2.11 bits per heavy atom. The lowest BCUT2D eigenvalue weighted by atomic mass is 9.75. The molecule has 2 atom stereocenters. The molecule has 7 nitrogen and oxygen atoms in total. The van der Waals surface area contributed by atoms with E-state index in [2.05, 4.69) is 10.2 Å². The van der Waals surface area contributed by atoms with Gasteiger partial charge in [0.05, 0.1) is 31.0 Å². The van der Waals surface area contributed by atoms with Gasteiger partial charge in [-0.05, 0) is 31.9 Å². The van der Waals surface area contributed by atoms with Gasteiger partial charge in [-0.15, -0.1) is 11.3 Å². The number of esters is 1. The number of carbonyl (C=O) groups is 2. The summed E-state index contributed by atoms with van der Waals surface area (Å²) in [7, 11) is 1.39. The topological polar surface area (TPSA) is 88.1 Å². The average molecular weight is 397 g/mol. The first-order valence-electron chi connectivity index (χ1n) is 9.26. The molecule has 150 valence electrons. The highest BCUT2D eigenvalue weighted by Crippen LogP contribution is 2.40. The van der Waals surface area contributed by atoms with E-state index in [1.807, 2.05) is 6.07 Å². The zero-order valence-electron chi connectivity index (χ0n) is 16.1. The van der Waals surface area contributed by atoms with Crippen LogP contribution in [0.4, 0.5) is 0 Å². The average Bonchev–Trinajstić information content (AvgIpc) is 3.07. The van der Waals surface area contributed by atoms with Crippen LogP contribution in [0.3, 0.4) is 0 Å². The second-order valence-electron chi connectivity index (χ2n) is 7.81. The van der Waals surface area contributed by atoms with Crippen LogP contribution in [0.15, 0.2) is 12.1 Å². The van der Waals surface area contributed by atoms with E-state index >= 15 is 0 Å².